The highest BCUT2D eigenvalue weighted by Gasteiger charge is 2.36. The van der Waals surface area contributed by atoms with E-state index in [1.54, 1.807) is 43.8 Å². The Labute approximate surface area is 232 Å². The molecule has 4 heterocycles. The van der Waals surface area contributed by atoms with Gasteiger partial charge in [-0.1, -0.05) is 18.2 Å². The molecule has 4 aromatic rings. The summed E-state index contributed by atoms with van der Waals surface area (Å²) in [5, 5.41) is 13.9. The van der Waals surface area contributed by atoms with Gasteiger partial charge in [0.1, 0.15) is 23.9 Å². The lowest BCUT2D eigenvalue weighted by Crippen LogP contribution is -2.54. The smallest absolute Gasteiger partial charge is 0.249 e. The van der Waals surface area contributed by atoms with Crippen molar-refractivity contribution in [2.45, 2.75) is 31.3 Å². The molecule has 2 aromatic heterocycles. The van der Waals surface area contributed by atoms with Crippen LogP contribution in [0.25, 0.3) is 10.9 Å². The van der Waals surface area contributed by atoms with Crippen molar-refractivity contribution in [2.24, 2.45) is 0 Å². The maximum Gasteiger partial charge on any atom is 0.249 e. The Morgan fingerprint density at radius 1 is 1.00 bits per heavy atom. The Kier molecular flexibility index (Phi) is 6.88. The van der Waals surface area contributed by atoms with Crippen LogP contribution in [0.15, 0.2) is 61.1 Å². The first-order valence-electron chi connectivity index (χ1n) is 13.3. The number of para-hydroxylation sites is 1. The number of nitrogens with one attached hydrogen (secondary N) is 1. The number of rotatable bonds is 6. The zero-order valence-corrected chi connectivity index (χ0v) is 22.4. The number of nitrogens with zero attached hydrogens (tertiary/aromatic N) is 6. The van der Waals surface area contributed by atoms with Gasteiger partial charge < -0.3 is 19.7 Å². The van der Waals surface area contributed by atoms with E-state index in [1.807, 2.05) is 30.3 Å². The van der Waals surface area contributed by atoms with E-state index in [-0.39, 0.29) is 23.7 Å². The first-order valence-corrected chi connectivity index (χ1v) is 13.3. The minimum Gasteiger partial charge on any atom is -0.493 e. The van der Waals surface area contributed by atoms with Gasteiger partial charge >= 0.3 is 0 Å². The molecule has 1 unspecified atom stereocenters. The second-order valence-electron chi connectivity index (χ2n) is 9.92. The largest absolute Gasteiger partial charge is 0.493 e. The fourth-order valence-electron chi connectivity index (χ4n) is 5.66. The van der Waals surface area contributed by atoms with Crippen molar-refractivity contribution in [3.05, 3.63) is 72.3 Å². The van der Waals surface area contributed by atoms with Gasteiger partial charge in [-0.15, -0.1) is 0 Å². The second kappa shape index (κ2) is 10.8. The number of carbonyl (C=O) groups excluding carboxylic acids is 1. The first-order chi connectivity index (χ1) is 19.6. The van der Waals surface area contributed by atoms with E-state index >= 15 is 0 Å². The lowest BCUT2D eigenvalue weighted by molar-refractivity contribution is -0.120. The molecule has 0 spiro atoms. The van der Waals surface area contributed by atoms with Crippen LogP contribution >= 0.6 is 0 Å². The van der Waals surface area contributed by atoms with Gasteiger partial charge in [0.25, 0.3) is 0 Å². The molecule has 2 aliphatic heterocycles. The third-order valence-corrected chi connectivity index (χ3v) is 7.64. The van der Waals surface area contributed by atoms with Crippen molar-refractivity contribution in [1.29, 1.82) is 5.26 Å². The molecule has 2 aliphatic rings. The summed E-state index contributed by atoms with van der Waals surface area (Å²) in [7, 11) is 3.23. The number of hydrogen-bond acceptors (Lipinski definition) is 9. The summed E-state index contributed by atoms with van der Waals surface area (Å²) in [4.78, 5) is 30.9. The number of fused-ring (bicyclic) bond motifs is 2. The Balaban J connectivity index is 1.20. The Morgan fingerprint density at radius 2 is 1.77 bits per heavy atom. The number of nitriles is 1. The van der Waals surface area contributed by atoms with E-state index in [0.29, 0.717) is 23.6 Å². The number of piperidine rings is 1. The van der Waals surface area contributed by atoms with Gasteiger partial charge in [0.2, 0.25) is 5.91 Å². The Hall–Kier alpha value is -4.75. The predicted octanol–water partition coefficient (Wildman–Crippen LogP) is 3.76. The van der Waals surface area contributed by atoms with Crippen LogP contribution < -0.4 is 24.6 Å². The average molecular weight is 536 g/mol. The monoisotopic (exact) mass is 535 g/mol. The van der Waals surface area contributed by atoms with Crippen molar-refractivity contribution < 1.29 is 14.3 Å². The van der Waals surface area contributed by atoms with E-state index < -0.39 is 0 Å². The molecule has 1 fully saturated rings. The molecule has 1 amide bonds. The van der Waals surface area contributed by atoms with Gasteiger partial charge in [0.15, 0.2) is 11.5 Å². The molecule has 1 atom stereocenters. The number of hydrogen-bond donors (Lipinski definition) is 1. The summed E-state index contributed by atoms with van der Waals surface area (Å²) in [6.45, 7) is 1.57. The third kappa shape index (κ3) is 4.65. The molecule has 40 heavy (non-hydrogen) atoms. The minimum absolute atomic E-state index is 0.0287. The normalized spacial score (nSPS) is 17.4. The van der Waals surface area contributed by atoms with Gasteiger partial charge in [0, 0.05) is 36.8 Å². The number of ether oxygens (including phenoxy) is 2. The number of anilines is 3. The molecule has 202 valence electrons. The summed E-state index contributed by atoms with van der Waals surface area (Å²) in [6, 6.07) is 17.0. The highest BCUT2D eigenvalue weighted by atomic mass is 16.5. The maximum atomic E-state index is 13.8. The molecule has 10 heteroatoms. The van der Waals surface area contributed by atoms with E-state index in [4.69, 9.17) is 9.47 Å². The molecular weight excluding hydrogens is 506 g/mol. The van der Waals surface area contributed by atoms with Crippen LogP contribution in [0.4, 0.5) is 17.2 Å². The van der Waals surface area contributed by atoms with Crippen LogP contribution in [-0.4, -0.2) is 60.3 Å². The molecule has 0 radical (unpaired) electrons. The molecule has 0 saturated carbocycles. The summed E-state index contributed by atoms with van der Waals surface area (Å²) in [5.41, 5.74) is 3.65. The standard InChI is InChI=1S/C30H29N7O3/c1-39-27-15-23-24(16-28(27)40-2)33-18-34-29(23)36-11-8-20(9-12-36)35-25-13-19-5-3-4-6-26(19)37(30(25)38)22-7-10-32-21(14-22)17-31/h3-7,10,14-16,18,20,25,35H,8-9,11-13H2,1-2H3. The lowest BCUT2D eigenvalue weighted by Gasteiger charge is -2.39. The van der Waals surface area contributed by atoms with Crippen LogP contribution in [0.3, 0.4) is 0 Å². The van der Waals surface area contributed by atoms with E-state index in [0.717, 1.165) is 53.9 Å². The van der Waals surface area contributed by atoms with Crippen LogP contribution in [0.5, 0.6) is 11.5 Å². The summed E-state index contributed by atoms with van der Waals surface area (Å²) in [5.74, 6) is 2.11. The topological polar surface area (TPSA) is 117 Å². The van der Waals surface area contributed by atoms with E-state index in [2.05, 4.69) is 37.3 Å². The van der Waals surface area contributed by atoms with Crippen LogP contribution in [-0.2, 0) is 11.2 Å². The van der Waals surface area contributed by atoms with Crippen LogP contribution in [0.1, 0.15) is 24.1 Å². The summed E-state index contributed by atoms with van der Waals surface area (Å²) >= 11 is 0. The highest BCUT2D eigenvalue weighted by molar-refractivity contribution is 6.06. The number of aromatic nitrogens is 3. The summed E-state index contributed by atoms with van der Waals surface area (Å²) < 4.78 is 11.0. The number of methoxy groups -OCH3 is 2. The maximum absolute atomic E-state index is 13.8. The van der Waals surface area contributed by atoms with Crippen molar-refractivity contribution in [2.75, 3.05) is 37.1 Å². The van der Waals surface area contributed by atoms with Crippen molar-refractivity contribution in [1.82, 2.24) is 20.3 Å². The number of pyridine rings is 1. The SMILES string of the molecule is COc1cc2ncnc(N3CCC(NC4Cc5ccccc5N(c5ccnc(C#N)c5)C4=O)CC3)c2cc1OC. The minimum atomic E-state index is -0.373. The van der Waals surface area contributed by atoms with E-state index in [1.165, 1.54) is 0 Å². The number of carbonyl (C=O) groups is 1. The second-order valence-corrected chi connectivity index (χ2v) is 9.92. The van der Waals surface area contributed by atoms with Gasteiger partial charge in [-0.05, 0) is 49.1 Å². The zero-order valence-electron chi connectivity index (χ0n) is 22.4. The average Bonchev–Trinajstić information content (AvgIpc) is 3.01. The fraction of sp³-hybridized carbons (Fsp3) is 0.300. The van der Waals surface area contributed by atoms with Crippen LogP contribution in [0, 0.1) is 11.3 Å². The van der Waals surface area contributed by atoms with Gasteiger partial charge in [-0.25, -0.2) is 15.0 Å². The van der Waals surface area contributed by atoms with Gasteiger partial charge in [-0.2, -0.15) is 5.26 Å². The molecule has 6 rings (SSSR count). The quantitative estimate of drug-likeness (QED) is 0.394. The molecular formula is C30H29N7O3. The van der Waals surface area contributed by atoms with Gasteiger partial charge in [0.05, 0.1) is 37.2 Å². The van der Waals surface area contributed by atoms with Gasteiger partial charge in [-0.3, -0.25) is 9.69 Å². The van der Waals surface area contributed by atoms with Crippen molar-refractivity contribution >= 4 is 34.0 Å². The molecule has 10 nitrogen and oxygen atoms in total. The number of benzene rings is 2. The van der Waals surface area contributed by atoms with Crippen molar-refractivity contribution in [3.63, 3.8) is 0 Å². The first kappa shape index (κ1) is 25.5. The molecule has 1 N–H and O–H groups in total. The lowest BCUT2D eigenvalue weighted by atomic mass is 9.94. The summed E-state index contributed by atoms with van der Waals surface area (Å²) in [6.07, 6.45) is 5.48. The Morgan fingerprint density at radius 3 is 2.55 bits per heavy atom. The number of amides is 1. The zero-order chi connectivity index (χ0) is 27.6. The molecule has 2 aromatic carbocycles. The van der Waals surface area contributed by atoms with Crippen LogP contribution in [0.2, 0.25) is 0 Å². The fourth-order valence-corrected chi connectivity index (χ4v) is 5.66. The predicted molar refractivity (Wildman–Crippen MR) is 151 cm³/mol. The molecule has 0 bridgehead atoms. The molecule has 0 aliphatic carbocycles. The van der Waals surface area contributed by atoms with E-state index in [9.17, 15) is 10.1 Å². The van der Waals surface area contributed by atoms with Crippen molar-refractivity contribution in [3.8, 4) is 17.6 Å². The molecule has 1 saturated heterocycles. The third-order valence-electron chi connectivity index (χ3n) is 7.64. The Bertz CT molecular complexity index is 1610. The highest BCUT2D eigenvalue weighted by Crippen LogP contribution is 2.37.